The first-order chi connectivity index (χ1) is 9.87. The van der Waals surface area contributed by atoms with Crippen LogP contribution in [-0.4, -0.2) is 32.3 Å². The zero-order chi connectivity index (χ0) is 16.0. The quantitative estimate of drug-likeness (QED) is 0.800. The standard InChI is InChI=1S/C14H20N2O5/c1-8(2)12(13(17)18)16-14(19)15-9-5-10(20-3)7-11(6-9)21-4/h5-8,12H,1-4H3,(H,17,18)(H2,15,16,19)/p-1/t12-/m0/s1. The molecule has 0 aliphatic rings. The first-order valence-corrected chi connectivity index (χ1v) is 6.38. The first kappa shape index (κ1) is 16.6. The normalized spacial score (nSPS) is 11.7. The average molecular weight is 295 g/mol. The van der Waals surface area contributed by atoms with E-state index in [4.69, 9.17) is 9.47 Å². The topological polar surface area (TPSA) is 99.7 Å². The molecule has 2 amide bonds. The summed E-state index contributed by atoms with van der Waals surface area (Å²) < 4.78 is 10.2. The fraction of sp³-hybridized carbons (Fsp3) is 0.429. The van der Waals surface area contributed by atoms with E-state index in [2.05, 4.69) is 10.6 Å². The van der Waals surface area contributed by atoms with Crippen LogP contribution >= 0.6 is 0 Å². The number of hydrogen-bond acceptors (Lipinski definition) is 5. The summed E-state index contributed by atoms with van der Waals surface area (Å²) in [6.07, 6.45) is 0. The highest BCUT2D eigenvalue weighted by atomic mass is 16.5. The van der Waals surface area contributed by atoms with Crippen molar-refractivity contribution in [2.24, 2.45) is 5.92 Å². The molecule has 1 aromatic rings. The summed E-state index contributed by atoms with van der Waals surface area (Å²) in [6.45, 7) is 3.35. The molecule has 0 unspecified atom stereocenters. The van der Waals surface area contributed by atoms with Crippen LogP contribution in [0.15, 0.2) is 18.2 Å². The molecule has 1 atom stereocenters. The van der Waals surface area contributed by atoms with E-state index in [9.17, 15) is 14.7 Å². The lowest BCUT2D eigenvalue weighted by atomic mass is 10.1. The van der Waals surface area contributed by atoms with Crippen molar-refractivity contribution in [2.75, 3.05) is 19.5 Å². The summed E-state index contributed by atoms with van der Waals surface area (Å²) in [6, 6.07) is 3.11. The van der Waals surface area contributed by atoms with Crippen LogP contribution in [-0.2, 0) is 4.79 Å². The zero-order valence-corrected chi connectivity index (χ0v) is 12.4. The molecule has 1 aromatic carbocycles. The Morgan fingerprint density at radius 2 is 1.62 bits per heavy atom. The van der Waals surface area contributed by atoms with Crippen molar-refractivity contribution in [2.45, 2.75) is 19.9 Å². The van der Waals surface area contributed by atoms with Gasteiger partial charge in [-0.1, -0.05) is 13.8 Å². The van der Waals surface area contributed by atoms with Crippen LogP contribution in [0.4, 0.5) is 10.5 Å². The average Bonchev–Trinajstić information content (AvgIpc) is 2.43. The van der Waals surface area contributed by atoms with Crippen molar-refractivity contribution < 1.29 is 24.2 Å². The molecule has 116 valence electrons. The van der Waals surface area contributed by atoms with Crippen molar-refractivity contribution in [3.8, 4) is 11.5 Å². The number of urea groups is 1. The highest BCUT2D eigenvalue weighted by molar-refractivity contribution is 5.92. The van der Waals surface area contributed by atoms with E-state index in [-0.39, 0.29) is 5.92 Å². The second-order valence-electron chi connectivity index (χ2n) is 4.74. The van der Waals surface area contributed by atoms with E-state index >= 15 is 0 Å². The maximum absolute atomic E-state index is 11.8. The van der Waals surface area contributed by atoms with Crippen LogP contribution in [0.1, 0.15) is 13.8 Å². The predicted octanol–water partition coefficient (Wildman–Crippen LogP) is 0.600. The SMILES string of the molecule is COc1cc(NC(=O)N[C@H](C(=O)[O-])C(C)C)cc(OC)c1. The number of methoxy groups -OCH3 is 2. The minimum Gasteiger partial charge on any atom is -0.548 e. The maximum Gasteiger partial charge on any atom is 0.319 e. The maximum atomic E-state index is 11.8. The molecular weight excluding hydrogens is 276 g/mol. The van der Waals surface area contributed by atoms with Crippen LogP contribution in [0.2, 0.25) is 0 Å². The second-order valence-corrected chi connectivity index (χ2v) is 4.74. The highest BCUT2D eigenvalue weighted by Gasteiger charge is 2.17. The van der Waals surface area contributed by atoms with Gasteiger partial charge in [0.1, 0.15) is 11.5 Å². The van der Waals surface area contributed by atoms with Gasteiger partial charge in [-0.2, -0.15) is 0 Å². The number of anilines is 1. The van der Waals surface area contributed by atoms with E-state index in [1.165, 1.54) is 14.2 Å². The van der Waals surface area contributed by atoms with Gasteiger partial charge in [-0.25, -0.2) is 4.79 Å². The molecule has 0 aliphatic heterocycles. The molecular formula is C14H19N2O5-. The number of hydrogen-bond donors (Lipinski definition) is 2. The minimum absolute atomic E-state index is 0.291. The molecule has 0 heterocycles. The Morgan fingerprint density at radius 3 is 2.00 bits per heavy atom. The summed E-state index contributed by atoms with van der Waals surface area (Å²) in [5.41, 5.74) is 0.421. The van der Waals surface area contributed by atoms with E-state index < -0.39 is 18.0 Å². The van der Waals surface area contributed by atoms with Gasteiger partial charge in [0.05, 0.1) is 26.2 Å². The molecule has 0 saturated heterocycles. The first-order valence-electron chi connectivity index (χ1n) is 6.38. The van der Waals surface area contributed by atoms with Crippen LogP contribution in [0.3, 0.4) is 0 Å². The monoisotopic (exact) mass is 295 g/mol. The molecule has 0 radical (unpaired) electrons. The number of amides is 2. The van der Waals surface area contributed by atoms with Crippen LogP contribution < -0.4 is 25.2 Å². The third-order valence-corrected chi connectivity index (χ3v) is 2.82. The van der Waals surface area contributed by atoms with Gasteiger partial charge >= 0.3 is 6.03 Å². The summed E-state index contributed by atoms with van der Waals surface area (Å²) >= 11 is 0. The number of aliphatic carboxylic acids is 1. The lowest BCUT2D eigenvalue weighted by Crippen LogP contribution is -2.51. The molecule has 2 N–H and O–H groups in total. The van der Waals surface area contributed by atoms with E-state index in [0.717, 1.165) is 0 Å². The summed E-state index contributed by atoms with van der Waals surface area (Å²) in [4.78, 5) is 22.8. The molecule has 21 heavy (non-hydrogen) atoms. The number of carbonyl (C=O) groups is 2. The predicted molar refractivity (Wildman–Crippen MR) is 75.3 cm³/mol. The third-order valence-electron chi connectivity index (χ3n) is 2.82. The molecule has 7 heteroatoms. The van der Waals surface area contributed by atoms with Crippen molar-refractivity contribution in [3.63, 3.8) is 0 Å². The van der Waals surface area contributed by atoms with Crippen LogP contribution in [0, 0.1) is 5.92 Å². The van der Waals surface area contributed by atoms with Gasteiger partial charge in [0.2, 0.25) is 0 Å². The number of carbonyl (C=O) groups excluding carboxylic acids is 2. The molecule has 0 fully saturated rings. The minimum atomic E-state index is -1.33. The van der Waals surface area contributed by atoms with Gasteiger partial charge < -0.3 is 30.0 Å². The van der Waals surface area contributed by atoms with Gasteiger partial charge in [0, 0.05) is 23.9 Å². The highest BCUT2D eigenvalue weighted by Crippen LogP contribution is 2.25. The van der Waals surface area contributed by atoms with E-state index in [0.29, 0.717) is 17.2 Å². The number of carboxylic acids is 1. The molecule has 0 aliphatic carbocycles. The van der Waals surface area contributed by atoms with E-state index in [1.54, 1.807) is 32.0 Å². The molecule has 7 nitrogen and oxygen atoms in total. The lowest BCUT2D eigenvalue weighted by Gasteiger charge is -2.23. The van der Waals surface area contributed by atoms with Gasteiger partial charge in [-0.05, 0) is 5.92 Å². The van der Waals surface area contributed by atoms with E-state index in [1.807, 2.05) is 0 Å². The van der Waals surface area contributed by atoms with Gasteiger partial charge in [-0.15, -0.1) is 0 Å². The molecule has 0 aromatic heterocycles. The molecule has 0 bridgehead atoms. The van der Waals surface area contributed by atoms with Crippen molar-refractivity contribution in [1.82, 2.24) is 5.32 Å². The summed E-state index contributed by atoms with van der Waals surface area (Å²) in [5, 5.41) is 15.8. The van der Waals surface area contributed by atoms with Crippen LogP contribution in [0.25, 0.3) is 0 Å². The molecule has 0 spiro atoms. The second kappa shape index (κ2) is 7.37. The Kier molecular flexibility index (Phi) is 5.83. The smallest absolute Gasteiger partial charge is 0.319 e. The molecule has 1 rings (SSSR count). The van der Waals surface area contributed by atoms with Crippen molar-refractivity contribution in [3.05, 3.63) is 18.2 Å². The summed E-state index contributed by atoms with van der Waals surface area (Å²) in [5.74, 6) is -0.612. The fourth-order valence-corrected chi connectivity index (χ4v) is 1.69. The van der Waals surface area contributed by atoms with Crippen molar-refractivity contribution in [1.29, 1.82) is 0 Å². The van der Waals surface area contributed by atoms with Gasteiger partial charge in [0.15, 0.2) is 0 Å². The lowest BCUT2D eigenvalue weighted by molar-refractivity contribution is -0.309. The Bertz CT molecular complexity index is 494. The number of carboxylic acid groups (broad SMARTS) is 1. The Hall–Kier alpha value is -2.44. The summed E-state index contributed by atoms with van der Waals surface area (Å²) in [7, 11) is 2.98. The Labute approximate surface area is 123 Å². The van der Waals surface area contributed by atoms with Gasteiger partial charge in [0.25, 0.3) is 0 Å². The Morgan fingerprint density at radius 1 is 1.10 bits per heavy atom. The number of ether oxygens (including phenoxy) is 2. The van der Waals surface area contributed by atoms with Crippen LogP contribution in [0.5, 0.6) is 11.5 Å². The number of rotatable bonds is 6. The third kappa shape index (κ3) is 4.87. The zero-order valence-electron chi connectivity index (χ0n) is 12.4. The van der Waals surface area contributed by atoms with Crippen molar-refractivity contribution >= 4 is 17.7 Å². The van der Waals surface area contributed by atoms with Gasteiger partial charge in [-0.3, -0.25) is 0 Å². The Balaban J connectivity index is 2.80. The molecule has 0 saturated carbocycles. The number of nitrogens with one attached hydrogen (secondary N) is 2. The largest absolute Gasteiger partial charge is 0.548 e. The number of benzene rings is 1. The fourth-order valence-electron chi connectivity index (χ4n) is 1.69.